The van der Waals surface area contributed by atoms with Gasteiger partial charge in [0.05, 0.1) is 18.0 Å². The fourth-order valence-electron chi connectivity index (χ4n) is 2.46. The monoisotopic (exact) mass is 317 g/mol. The maximum Gasteiger partial charge on any atom is 0.231 e. The van der Waals surface area contributed by atoms with E-state index in [2.05, 4.69) is 23.9 Å². The summed E-state index contributed by atoms with van der Waals surface area (Å²) < 4.78 is 12.5. The average Bonchev–Trinajstić information content (AvgIpc) is 3.19. The number of fused-ring (bicyclic) bond motifs is 2. The molecular weight excluding hydrogens is 302 g/mol. The minimum Gasteiger partial charge on any atom is -0.454 e. The predicted octanol–water partition coefficient (Wildman–Crippen LogP) is 2.80. The van der Waals surface area contributed by atoms with Crippen molar-refractivity contribution in [2.24, 2.45) is 0 Å². The molecule has 114 valence electrons. The molecule has 0 fully saturated rings. The molecule has 0 spiro atoms. The van der Waals surface area contributed by atoms with Crippen LogP contribution in [0.4, 0.5) is 0 Å². The lowest BCUT2D eigenvalue weighted by molar-refractivity contribution is 0.174. The minimum atomic E-state index is -0.119. The van der Waals surface area contributed by atoms with Gasteiger partial charge in [0, 0.05) is 11.5 Å². The highest BCUT2D eigenvalue weighted by Gasteiger charge is 2.21. The summed E-state index contributed by atoms with van der Waals surface area (Å²) in [6.45, 7) is 4.31. The van der Waals surface area contributed by atoms with Gasteiger partial charge in [-0.1, -0.05) is 25.2 Å². The normalized spacial score (nSPS) is 13.5. The van der Waals surface area contributed by atoms with Crippen LogP contribution in [-0.4, -0.2) is 26.5 Å². The average molecular weight is 317 g/mol. The van der Waals surface area contributed by atoms with Crippen LogP contribution in [0.25, 0.3) is 16.2 Å². The fourth-order valence-corrected chi connectivity index (χ4v) is 3.37. The molecular formula is C15H15N3O3S. The van der Waals surface area contributed by atoms with Crippen LogP contribution in [0, 0.1) is 0 Å². The fraction of sp³-hybridized carbons (Fsp3) is 0.333. The van der Waals surface area contributed by atoms with E-state index in [0.717, 1.165) is 27.0 Å². The van der Waals surface area contributed by atoms with Gasteiger partial charge in [0.2, 0.25) is 11.8 Å². The van der Waals surface area contributed by atoms with Gasteiger partial charge >= 0.3 is 0 Å². The predicted molar refractivity (Wildman–Crippen MR) is 82.4 cm³/mol. The Morgan fingerprint density at radius 2 is 2.14 bits per heavy atom. The second-order valence-electron chi connectivity index (χ2n) is 5.42. The minimum absolute atomic E-state index is 0.119. The second kappa shape index (κ2) is 4.96. The highest BCUT2D eigenvalue weighted by Crippen LogP contribution is 2.37. The van der Waals surface area contributed by atoms with Crippen LogP contribution in [0.1, 0.15) is 30.5 Å². The van der Waals surface area contributed by atoms with Crippen molar-refractivity contribution in [2.45, 2.75) is 26.4 Å². The van der Waals surface area contributed by atoms with Crippen molar-refractivity contribution in [3.8, 4) is 22.8 Å². The molecule has 0 atom stereocenters. The lowest BCUT2D eigenvalue weighted by Gasteiger charge is -2.03. The Labute approximate surface area is 130 Å². The van der Waals surface area contributed by atoms with Crippen LogP contribution < -0.4 is 9.47 Å². The summed E-state index contributed by atoms with van der Waals surface area (Å²) >= 11 is 1.55. The second-order valence-corrected chi connectivity index (χ2v) is 6.41. The van der Waals surface area contributed by atoms with Crippen LogP contribution in [0.5, 0.6) is 11.5 Å². The molecule has 0 amide bonds. The van der Waals surface area contributed by atoms with E-state index in [9.17, 15) is 5.11 Å². The van der Waals surface area contributed by atoms with Crippen molar-refractivity contribution in [2.75, 3.05) is 6.79 Å². The van der Waals surface area contributed by atoms with Crippen LogP contribution in [-0.2, 0) is 6.61 Å². The topological polar surface area (TPSA) is 68.9 Å². The number of ether oxygens (including phenoxy) is 2. The first-order valence-corrected chi connectivity index (χ1v) is 7.88. The molecule has 0 unspecified atom stereocenters. The number of aromatic nitrogens is 3. The quantitative estimate of drug-likeness (QED) is 0.804. The van der Waals surface area contributed by atoms with Crippen LogP contribution in [0.3, 0.4) is 0 Å². The SMILES string of the molecule is CC(C)c1nn2c(CO)c(-c3ccc4c(c3)OCO4)nc2s1. The first-order valence-electron chi connectivity index (χ1n) is 7.06. The molecule has 0 bridgehead atoms. The van der Waals surface area contributed by atoms with Gasteiger partial charge in [-0.3, -0.25) is 0 Å². The Morgan fingerprint density at radius 1 is 1.32 bits per heavy atom. The number of rotatable bonds is 3. The zero-order chi connectivity index (χ0) is 15.3. The van der Waals surface area contributed by atoms with E-state index in [0.29, 0.717) is 17.4 Å². The van der Waals surface area contributed by atoms with Crippen LogP contribution >= 0.6 is 11.3 Å². The van der Waals surface area contributed by atoms with Crippen molar-refractivity contribution in [3.05, 3.63) is 28.9 Å². The number of benzene rings is 1. The number of hydrogen-bond donors (Lipinski definition) is 1. The first-order chi connectivity index (χ1) is 10.7. The molecule has 3 heterocycles. The van der Waals surface area contributed by atoms with E-state index in [4.69, 9.17) is 9.47 Å². The summed E-state index contributed by atoms with van der Waals surface area (Å²) in [7, 11) is 0. The summed E-state index contributed by atoms with van der Waals surface area (Å²) in [5.41, 5.74) is 2.31. The van der Waals surface area contributed by atoms with E-state index in [1.165, 1.54) is 0 Å². The number of aliphatic hydroxyl groups excluding tert-OH is 1. The molecule has 3 aromatic rings. The molecule has 1 aliphatic heterocycles. The zero-order valence-electron chi connectivity index (χ0n) is 12.2. The van der Waals surface area contributed by atoms with Gasteiger partial charge in [-0.25, -0.2) is 9.50 Å². The molecule has 7 heteroatoms. The van der Waals surface area contributed by atoms with Gasteiger partial charge < -0.3 is 14.6 Å². The van der Waals surface area contributed by atoms with E-state index in [1.807, 2.05) is 18.2 Å². The third-order valence-electron chi connectivity index (χ3n) is 3.60. The zero-order valence-corrected chi connectivity index (χ0v) is 13.1. The van der Waals surface area contributed by atoms with Gasteiger partial charge in [-0.15, -0.1) is 0 Å². The molecule has 1 aromatic carbocycles. The van der Waals surface area contributed by atoms with E-state index in [-0.39, 0.29) is 13.4 Å². The lowest BCUT2D eigenvalue weighted by Crippen LogP contribution is -1.97. The molecule has 0 aliphatic carbocycles. The van der Waals surface area contributed by atoms with E-state index >= 15 is 0 Å². The molecule has 0 saturated carbocycles. The summed E-state index contributed by atoms with van der Waals surface area (Å²) in [4.78, 5) is 5.44. The van der Waals surface area contributed by atoms with Gasteiger partial charge in [0.25, 0.3) is 0 Å². The largest absolute Gasteiger partial charge is 0.454 e. The first kappa shape index (κ1) is 13.5. The van der Waals surface area contributed by atoms with E-state index < -0.39 is 0 Å². The highest BCUT2D eigenvalue weighted by atomic mass is 32.1. The molecule has 22 heavy (non-hydrogen) atoms. The van der Waals surface area contributed by atoms with Gasteiger partial charge in [0.1, 0.15) is 5.01 Å². The van der Waals surface area contributed by atoms with Crippen molar-refractivity contribution in [1.29, 1.82) is 0 Å². The maximum absolute atomic E-state index is 9.76. The number of imidazole rings is 1. The highest BCUT2D eigenvalue weighted by molar-refractivity contribution is 7.16. The van der Waals surface area contributed by atoms with E-state index in [1.54, 1.807) is 15.9 Å². The van der Waals surface area contributed by atoms with Crippen molar-refractivity contribution in [3.63, 3.8) is 0 Å². The molecule has 0 saturated heterocycles. The van der Waals surface area contributed by atoms with Crippen molar-refractivity contribution in [1.82, 2.24) is 14.6 Å². The van der Waals surface area contributed by atoms with Gasteiger partial charge in [-0.05, 0) is 18.2 Å². The van der Waals surface area contributed by atoms with Crippen molar-refractivity contribution < 1.29 is 14.6 Å². The third-order valence-corrected chi connectivity index (χ3v) is 4.81. The Kier molecular flexibility index (Phi) is 3.05. The van der Waals surface area contributed by atoms with Gasteiger partial charge in [-0.2, -0.15) is 5.10 Å². The third kappa shape index (κ3) is 1.97. The Hall–Kier alpha value is -2.12. The number of aliphatic hydroxyl groups is 1. The lowest BCUT2D eigenvalue weighted by atomic mass is 10.1. The smallest absolute Gasteiger partial charge is 0.231 e. The Morgan fingerprint density at radius 3 is 2.91 bits per heavy atom. The molecule has 1 aliphatic rings. The summed E-state index contributed by atoms with van der Waals surface area (Å²) in [6, 6.07) is 5.67. The molecule has 1 N–H and O–H groups in total. The maximum atomic E-state index is 9.76. The molecule has 0 radical (unpaired) electrons. The Bertz CT molecular complexity index is 853. The van der Waals surface area contributed by atoms with Crippen LogP contribution in [0.2, 0.25) is 0 Å². The number of nitrogens with zero attached hydrogens (tertiary/aromatic N) is 3. The van der Waals surface area contributed by atoms with Crippen LogP contribution in [0.15, 0.2) is 18.2 Å². The van der Waals surface area contributed by atoms with Crippen molar-refractivity contribution >= 4 is 16.3 Å². The summed E-state index contributed by atoms with van der Waals surface area (Å²) in [5, 5.41) is 15.3. The Balaban J connectivity index is 1.86. The van der Waals surface area contributed by atoms with Gasteiger partial charge in [0.15, 0.2) is 11.5 Å². The molecule has 2 aromatic heterocycles. The summed E-state index contributed by atoms with van der Waals surface area (Å²) in [6.07, 6.45) is 0. The molecule has 4 rings (SSSR count). The summed E-state index contributed by atoms with van der Waals surface area (Å²) in [5.74, 6) is 1.77. The standard InChI is InChI=1S/C15H15N3O3S/c1-8(2)14-17-18-10(6-19)13(16-15(18)22-14)9-3-4-11-12(5-9)21-7-20-11/h3-5,8,19H,6-7H2,1-2H3. The molecule has 6 nitrogen and oxygen atoms in total. The number of hydrogen-bond acceptors (Lipinski definition) is 6.